The normalized spacial score (nSPS) is 15.8. The highest BCUT2D eigenvalue weighted by Crippen LogP contribution is 2.25. The van der Waals surface area contributed by atoms with Crippen LogP contribution in [0.5, 0.6) is 5.75 Å². The predicted octanol–water partition coefficient (Wildman–Crippen LogP) is 3.80. The molecule has 3 N–H and O–H groups in total. The van der Waals surface area contributed by atoms with Gasteiger partial charge in [0.25, 0.3) is 0 Å². The minimum absolute atomic E-state index is 0.0566. The van der Waals surface area contributed by atoms with Crippen molar-refractivity contribution in [3.05, 3.63) is 58.9 Å². The Morgan fingerprint density at radius 1 is 1.29 bits per heavy atom. The number of aliphatic imine (C=N–C) groups is 2. The Morgan fingerprint density at radius 3 is 2.68 bits per heavy atom. The summed E-state index contributed by atoms with van der Waals surface area (Å²) in [6.07, 6.45) is 1.42. The molecule has 164 valence electrons. The van der Waals surface area contributed by atoms with E-state index >= 15 is 0 Å². The Kier molecular flexibility index (Phi) is 7.30. The second kappa shape index (κ2) is 10.1. The van der Waals surface area contributed by atoms with Crippen molar-refractivity contribution in [2.24, 2.45) is 20.9 Å². The SMILES string of the molecule is CC(C)Oc1ccc(N=C2N=CN(CC(N)=NO)CN2Cc2ccc(Cl)cc2)cc1F. The number of hydrogen-bond donors (Lipinski definition) is 2. The maximum Gasteiger partial charge on any atom is 0.229 e. The summed E-state index contributed by atoms with van der Waals surface area (Å²) in [6, 6.07) is 12.0. The van der Waals surface area contributed by atoms with E-state index in [1.807, 2.05) is 30.9 Å². The third-order valence-corrected chi connectivity index (χ3v) is 4.51. The zero-order valence-corrected chi connectivity index (χ0v) is 18.0. The van der Waals surface area contributed by atoms with E-state index < -0.39 is 5.82 Å². The first kappa shape index (κ1) is 22.4. The number of amidine groups is 1. The monoisotopic (exact) mass is 446 g/mol. The molecule has 2 aromatic carbocycles. The first-order chi connectivity index (χ1) is 14.8. The van der Waals surface area contributed by atoms with Crippen molar-refractivity contribution in [2.45, 2.75) is 26.5 Å². The van der Waals surface area contributed by atoms with Crippen LogP contribution >= 0.6 is 11.6 Å². The van der Waals surface area contributed by atoms with Crippen LogP contribution in [0.25, 0.3) is 0 Å². The molecule has 2 aromatic rings. The third kappa shape index (κ3) is 6.32. The smallest absolute Gasteiger partial charge is 0.229 e. The van der Waals surface area contributed by atoms with Crippen molar-refractivity contribution < 1.29 is 14.3 Å². The van der Waals surface area contributed by atoms with Crippen LogP contribution in [0.1, 0.15) is 19.4 Å². The van der Waals surface area contributed by atoms with Crippen LogP contribution in [0, 0.1) is 5.82 Å². The summed E-state index contributed by atoms with van der Waals surface area (Å²) in [5.74, 6) is 0.144. The van der Waals surface area contributed by atoms with E-state index in [0.717, 1.165) is 5.56 Å². The molecule has 0 aromatic heterocycles. The lowest BCUT2D eigenvalue weighted by Gasteiger charge is -2.33. The van der Waals surface area contributed by atoms with Gasteiger partial charge in [-0.1, -0.05) is 28.9 Å². The Hall–Kier alpha value is -3.33. The summed E-state index contributed by atoms with van der Waals surface area (Å²) < 4.78 is 19.8. The summed E-state index contributed by atoms with van der Waals surface area (Å²) in [5, 5.41) is 12.5. The van der Waals surface area contributed by atoms with Crippen LogP contribution in [0.3, 0.4) is 0 Å². The number of guanidine groups is 1. The van der Waals surface area contributed by atoms with Crippen LogP contribution in [0.4, 0.5) is 10.1 Å². The Bertz CT molecular complexity index is 994. The molecule has 0 radical (unpaired) electrons. The van der Waals surface area contributed by atoms with Gasteiger partial charge in [0.1, 0.15) is 0 Å². The van der Waals surface area contributed by atoms with Crippen molar-refractivity contribution in [1.82, 2.24) is 9.80 Å². The molecular weight excluding hydrogens is 423 g/mol. The fourth-order valence-corrected chi connectivity index (χ4v) is 3.05. The molecular formula is C21H24ClFN6O2. The molecule has 1 aliphatic rings. The van der Waals surface area contributed by atoms with Gasteiger partial charge in [-0.05, 0) is 43.7 Å². The maximum absolute atomic E-state index is 14.4. The maximum atomic E-state index is 14.4. The van der Waals surface area contributed by atoms with Crippen LogP contribution < -0.4 is 10.5 Å². The molecule has 0 aliphatic carbocycles. The van der Waals surface area contributed by atoms with Crippen molar-refractivity contribution in [1.29, 1.82) is 0 Å². The molecule has 1 heterocycles. The van der Waals surface area contributed by atoms with Gasteiger partial charge in [-0.3, -0.25) is 0 Å². The van der Waals surface area contributed by atoms with E-state index in [4.69, 9.17) is 27.3 Å². The van der Waals surface area contributed by atoms with Crippen molar-refractivity contribution in [3.63, 3.8) is 0 Å². The molecule has 10 heteroatoms. The minimum atomic E-state index is -0.492. The summed E-state index contributed by atoms with van der Waals surface area (Å²) in [6.45, 7) is 4.73. The highest BCUT2D eigenvalue weighted by atomic mass is 35.5. The van der Waals surface area contributed by atoms with Gasteiger partial charge in [-0.2, -0.15) is 0 Å². The quantitative estimate of drug-likeness (QED) is 0.291. The highest BCUT2D eigenvalue weighted by molar-refractivity contribution is 6.30. The van der Waals surface area contributed by atoms with Gasteiger partial charge in [-0.15, -0.1) is 0 Å². The largest absolute Gasteiger partial charge is 0.488 e. The molecule has 3 rings (SSSR count). The summed E-state index contributed by atoms with van der Waals surface area (Å²) in [4.78, 5) is 12.6. The fourth-order valence-electron chi connectivity index (χ4n) is 2.92. The lowest BCUT2D eigenvalue weighted by Crippen LogP contribution is -2.47. The van der Waals surface area contributed by atoms with E-state index in [2.05, 4.69) is 15.1 Å². The van der Waals surface area contributed by atoms with E-state index in [-0.39, 0.29) is 24.2 Å². The molecule has 0 saturated carbocycles. The highest BCUT2D eigenvalue weighted by Gasteiger charge is 2.20. The number of rotatable bonds is 7. The number of nitrogens with two attached hydrogens (primary N) is 1. The number of halogens is 2. The van der Waals surface area contributed by atoms with E-state index in [9.17, 15) is 4.39 Å². The average Bonchev–Trinajstić information content (AvgIpc) is 2.73. The molecule has 0 bridgehead atoms. The summed E-state index contributed by atoms with van der Waals surface area (Å²) in [7, 11) is 0. The van der Waals surface area contributed by atoms with E-state index in [0.29, 0.717) is 29.9 Å². The van der Waals surface area contributed by atoms with E-state index in [1.54, 1.807) is 35.5 Å². The minimum Gasteiger partial charge on any atom is -0.488 e. The van der Waals surface area contributed by atoms with Gasteiger partial charge >= 0.3 is 0 Å². The number of oxime groups is 1. The summed E-state index contributed by atoms with van der Waals surface area (Å²) >= 11 is 5.98. The first-order valence-electron chi connectivity index (χ1n) is 9.63. The fraction of sp³-hybridized carbons (Fsp3) is 0.286. The molecule has 0 amide bonds. The molecule has 0 spiro atoms. The number of ether oxygens (including phenoxy) is 1. The third-order valence-electron chi connectivity index (χ3n) is 4.26. The van der Waals surface area contributed by atoms with Crippen LogP contribution in [-0.2, 0) is 6.54 Å². The number of nitrogens with zero attached hydrogens (tertiary/aromatic N) is 5. The molecule has 0 unspecified atom stereocenters. The summed E-state index contributed by atoms with van der Waals surface area (Å²) in [5.41, 5.74) is 7.02. The van der Waals surface area contributed by atoms with Gasteiger partial charge in [-0.25, -0.2) is 14.4 Å². The second-order valence-corrected chi connectivity index (χ2v) is 7.68. The number of benzene rings is 2. The second-order valence-electron chi connectivity index (χ2n) is 7.24. The topological polar surface area (TPSA) is 99.0 Å². The zero-order chi connectivity index (χ0) is 22.4. The lowest BCUT2D eigenvalue weighted by molar-refractivity contribution is 0.231. The standard InChI is InChI=1S/C21H24ClFN6O2/c1-14(2)31-19-8-7-17(9-18(19)23)26-21-25-12-28(11-20(24)27-30)13-29(21)10-15-3-5-16(22)6-4-15/h3-9,12,14,30H,10-11,13H2,1-2H3,(H2,24,27). The molecule has 0 atom stereocenters. The molecule has 0 fully saturated rings. The van der Waals surface area contributed by atoms with Crippen LogP contribution in [-0.4, -0.2) is 52.5 Å². The van der Waals surface area contributed by atoms with Crippen molar-refractivity contribution in [3.8, 4) is 5.75 Å². The number of hydrogen-bond acceptors (Lipinski definition) is 5. The molecule has 0 saturated heterocycles. The predicted molar refractivity (Wildman–Crippen MR) is 120 cm³/mol. The zero-order valence-electron chi connectivity index (χ0n) is 17.2. The van der Waals surface area contributed by atoms with Crippen molar-refractivity contribution >= 4 is 35.4 Å². The van der Waals surface area contributed by atoms with Crippen molar-refractivity contribution in [2.75, 3.05) is 13.2 Å². The van der Waals surface area contributed by atoms with Gasteiger partial charge in [0.05, 0.1) is 31.3 Å². The van der Waals surface area contributed by atoms with Gasteiger partial charge in [0, 0.05) is 17.6 Å². The Balaban J connectivity index is 1.87. The van der Waals surface area contributed by atoms with Crippen LogP contribution in [0.15, 0.2) is 57.6 Å². The Labute approximate surface area is 185 Å². The van der Waals surface area contributed by atoms with Gasteiger partial charge < -0.3 is 25.5 Å². The molecule has 1 aliphatic heterocycles. The first-order valence-corrected chi connectivity index (χ1v) is 10.0. The van der Waals surface area contributed by atoms with Gasteiger partial charge in [0.15, 0.2) is 17.4 Å². The van der Waals surface area contributed by atoms with E-state index in [1.165, 1.54) is 6.07 Å². The lowest BCUT2D eigenvalue weighted by atomic mass is 10.2. The molecule has 31 heavy (non-hydrogen) atoms. The average molecular weight is 447 g/mol. The van der Waals surface area contributed by atoms with Crippen LogP contribution in [0.2, 0.25) is 5.02 Å². The molecule has 8 nitrogen and oxygen atoms in total. The van der Waals surface area contributed by atoms with Gasteiger partial charge in [0.2, 0.25) is 5.96 Å². The Morgan fingerprint density at radius 2 is 2.03 bits per heavy atom.